The van der Waals surface area contributed by atoms with Gasteiger partial charge in [-0.05, 0) is 49.5 Å². The summed E-state index contributed by atoms with van der Waals surface area (Å²) in [5, 5.41) is 2.80. The average molecular weight is 284 g/mol. The molecule has 1 unspecified atom stereocenters. The van der Waals surface area contributed by atoms with E-state index >= 15 is 0 Å². The quantitative estimate of drug-likeness (QED) is 0.624. The van der Waals surface area contributed by atoms with Crippen molar-refractivity contribution in [1.29, 1.82) is 0 Å². The van der Waals surface area contributed by atoms with Crippen molar-refractivity contribution in [2.45, 2.75) is 33.2 Å². The van der Waals surface area contributed by atoms with E-state index in [9.17, 15) is 9.18 Å². The van der Waals surface area contributed by atoms with Gasteiger partial charge >= 0.3 is 0 Å². The summed E-state index contributed by atoms with van der Waals surface area (Å²) in [7, 11) is 0. The van der Waals surface area contributed by atoms with E-state index in [0.717, 1.165) is 17.9 Å². The van der Waals surface area contributed by atoms with E-state index in [4.69, 9.17) is 5.73 Å². The summed E-state index contributed by atoms with van der Waals surface area (Å²) in [5.74, 6) is 1.14. The Morgan fingerprint density at radius 1 is 1.53 bits per heavy atom. The van der Waals surface area contributed by atoms with Gasteiger partial charge in [0.25, 0.3) is 5.91 Å². The maximum atomic E-state index is 13.9. The van der Waals surface area contributed by atoms with Crippen molar-refractivity contribution in [2.24, 2.45) is 0 Å². The number of amides is 1. The lowest BCUT2D eigenvalue weighted by Crippen LogP contribution is -2.33. The molecule has 0 aliphatic carbocycles. The predicted octanol–water partition coefficient (Wildman–Crippen LogP) is 2.98. The van der Waals surface area contributed by atoms with Crippen LogP contribution < -0.4 is 11.1 Å². The van der Waals surface area contributed by atoms with E-state index in [2.05, 4.69) is 12.2 Å². The Labute approximate surface area is 118 Å². The molecule has 1 atom stereocenters. The molecule has 0 saturated carbocycles. The molecular weight excluding hydrogens is 263 g/mol. The maximum Gasteiger partial charge on any atom is 0.254 e. The first-order valence-corrected chi connectivity index (χ1v) is 7.55. The Morgan fingerprint density at radius 3 is 2.84 bits per heavy atom. The molecule has 1 rings (SSSR count). The molecule has 0 spiro atoms. The smallest absolute Gasteiger partial charge is 0.254 e. The Bertz CT molecular complexity index is 451. The third-order valence-corrected chi connectivity index (χ3v) is 3.73. The van der Waals surface area contributed by atoms with Crippen LogP contribution in [0.4, 0.5) is 10.1 Å². The Balaban J connectivity index is 2.68. The van der Waals surface area contributed by atoms with Gasteiger partial charge in [0.05, 0.1) is 5.56 Å². The average Bonchev–Trinajstić information content (AvgIpc) is 2.33. The molecule has 1 aromatic carbocycles. The van der Waals surface area contributed by atoms with Gasteiger partial charge in [0.1, 0.15) is 5.82 Å². The number of hydrogen-bond acceptors (Lipinski definition) is 3. The number of rotatable bonds is 6. The van der Waals surface area contributed by atoms with Gasteiger partial charge in [0, 0.05) is 11.7 Å². The molecule has 106 valence electrons. The van der Waals surface area contributed by atoms with Crippen LogP contribution in [0.5, 0.6) is 0 Å². The fourth-order valence-corrected chi connectivity index (χ4v) is 2.55. The molecule has 1 amide bonds. The lowest BCUT2D eigenvalue weighted by molar-refractivity contribution is 0.0935. The first-order valence-electron chi connectivity index (χ1n) is 6.40. The fourth-order valence-electron chi connectivity index (χ4n) is 1.74. The lowest BCUT2D eigenvalue weighted by Gasteiger charge is -2.14. The van der Waals surface area contributed by atoms with Crippen molar-refractivity contribution in [3.05, 3.63) is 29.1 Å². The van der Waals surface area contributed by atoms with Gasteiger partial charge < -0.3 is 11.1 Å². The highest BCUT2D eigenvalue weighted by molar-refractivity contribution is 7.99. The molecule has 0 radical (unpaired) electrons. The SMILES string of the molecule is CCSCCC(C)NC(=O)c1cc(N)cc(C)c1F. The fraction of sp³-hybridized carbons (Fsp3) is 0.500. The van der Waals surface area contributed by atoms with Gasteiger partial charge in [-0.15, -0.1) is 0 Å². The van der Waals surface area contributed by atoms with Crippen LogP contribution in [0.25, 0.3) is 0 Å². The van der Waals surface area contributed by atoms with Crippen LogP contribution in [0.15, 0.2) is 12.1 Å². The van der Waals surface area contributed by atoms with E-state index in [1.165, 1.54) is 12.1 Å². The lowest BCUT2D eigenvalue weighted by atomic mass is 10.1. The topological polar surface area (TPSA) is 55.1 Å². The van der Waals surface area contributed by atoms with Gasteiger partial charge in [-0.25, -0.2) is 4.39 Å². The molecule has 0 aliphatic rings. The van der Waals surface area contributed by atoms with Crippen molar-refractivity contribution in [3.8, 4) is 0 Å². The number of nitrogens with two attached hydrogens (primary N) is 1. The number of halogens is 1. The third kappa shape index (κ3) is 4.74. The van der Waals surface area contributed by atoms with Crippen LogP contribution in [0.2, 0.25) is 0 Å². The van der Waals surface area contributed by atoms with Crippen LogP contribution in [-0.2, 0) is 0 Å². The van der Waals surface area contributed by atoms with Crippen LogP contribution >= 0.6 is 11.8 Å². The highest BCUT2D eigenvalue weighted by Crippen LogP contribution is 2.17. The number of benzene rings is 1. The van der Waals surface area contributed by atoms with Gasteiger partial charge in [-0.2, -0.15) is 11.8 Å². The van der Waals surface area contributed by atoms with E-state index in [0.29, 0.717) is 11.3 Å². The second-order valence-electron chi connectivity index (χ2n) is 4.56. The Morgan fingerprint density at radius 2 is 2.21 bits per heavy atom. The normalized spacial score (nSPS) is 12.2. The number of aryl methyl sites for hydroxylation is 1. The largest absolute Gasteiger partial charge is 0.399 e. The minimum atomic E-state index is -0.498. The van der Waals surface area contributed by atoms with Crippen molar-refractivity contribution in [3.63, 3.8) is 0 Å². The molecule has 3 nitrogen and oxygen atoms in total. The van der Waals surface area contributed by atoms with E-state index in [-0.39, 0.29) is 11.6 Å². The highest BCUT2D eigenvalue weighted by atomic mass is 32.2. The second kappa shape index (κ2) is 7.38. The van der Waals surface area contributed by atoms with Gasteiger partial charge in [-0.1, -0.05) is 6.92 Å². The van der Waals surface area contributed by atoms with Gasteiger partial charge in [0.15, 0.2) is 0 Å². The maximum absolute atomic E-state index is 13.9. The van der Waals surface area contributed by atoms with Gasteiger partial charge in [-0.3, -0.25) is 4.79 Å². The van der Waals surface area contributed by atoms with Crippen LogP contribution in [0.1, 0.15) is 36.2 Å². The van der Waals surface area contributed by atoms with Gasteiger partial charge in [0.2, 0.25) is 0 Å². The molecule has 0 fully saturated rings. The Hall–Kier alpha value is -1.23. The number of hydrogen-bond donors (Lipinski definition) is 2. The first-order chi connectivity index (χ1) is 8.95. The van der Waals surface area contributed by atoms with Crippen molar-refractivity contribution < 1.29 is 9.18 Å². The molecular formula is C14H21FN2OS. The predicted molar refractivity (Wildman–Crippen MR) is 80.1 cm³/mol. The number of nitrogen functional groups attached to an aromatic ring is 1. The van der Waals surface area contributed by atoms with Crippen LogP contribution in [0.3, 0.4) is 0 Å². The number of anilines is 1. The van der Waals surface area contributed by atoms with Crippen molar-refractivity contribution in [2.75, 3.05) is 17.2 Å². The summed E-state index contributed by atoms with van der Waals surface area (Å²) in [6.45, 7) is 5.62. The molecule has 0 heterocycles. The van der Waals surface area contributed by atoms with Crippen molar-refractivity contribution in [1.82, 2.24) is 5.32 Å². The van der Waals surface area contributed by atoms with Crippen LogP contribution in [-0.4, -0.2) is 23.5 Å². The minimum Gasteiger partial charge on any atom is -0.399 e. The summed E-state index contributed by atoms with van der Waals surface area (Å²) in [6, 6.07) is 2.92. The molecule has 0 aromatic heterocycles. The summed E-state index contributed by atoms with van der Waals surface area (Å²) >= 11 is 1.82. The van der Waals surface area contributed by atoms with E-state index < -0.39 is 11.7 Å². The van der Waals surface area contributed by atoms with Crippen LogP contribution in [0, 0.1) is 12.7 Å². The molecule has 0 saturated heterocycles. The first kappa shape index (κ1) is 15.8. The number of carbonyl (C=O) groups is 1. The molecule has 3 N–H and O–H groups in total. The number of carbonyl (C=O) groups excluding carboxylic acids is 1. The second-order valence-corrected chi connectivity index (χ2v) is 5.95. The zero-order valence-electron chi connectivity index (χ0n) is 11.6. The van der Waals surface area contributed by atoms with Crippen molar-refractivity contribution >= 4 is 23.4 Å². The monoisotopic (exact) mass is 284 g/mol. The van der Waals surface area contributed by atoms with E-state index in [1.54, 1.807) is 6.92 Å². The molecule has 0 aliphatic heterocycles. The molecule has 0 bridgehead atoms. The zero-order chi connectivity index (χ0) is 14.4. The summed E-state index contributed by atoms with van der Waals surface area (Å²) < 4.78 is 13.9. The number of nitrogens with one attached hydrogen (secondary N) is 1. The molecule has 5 heteroatoms. The zero-order valence-corrected chi connectivity index (χ0v) is 12.4. The Kier molecular flexibility index (Phi) is 6.15. The van der Waals surface area contributed by atoms with E-state index in [1.807, 2.05) is 18.7 Å². The minimum absolute atomic E-state index is 0.0208. The highest BCUT2D eigenvalue weighted by Gasteiger charge is 2.16. The summed E-state index contributed by atoms with van der Waals surface area (Å²) in [4.78, 5) is 12.0. The number of thioether (sulfide) groups is 1. The third-order valence-electron chi connectivity index (χ3n) is 2.80. The summed E-state index contributed by atoms with van der Waals surface area (Å²) in [5.41, 5.74) is 6.46. The molecule has 19 heavy (non-hydrogen) atoms. The summed E-state index contributed by atoms with van der Waals surface area (Å²) in [6.07, 6.45) is 0.868. The molecule has 1 aromatic rings. The standard InChI is InChI=1S/C14H21FN2OS/c1-4-19-6-5-10(3)17-14(18)12-8-11(16)7-9(2)13(12)15/h7-8,10H,4-6,16H2,1-3H3,(H,17,18).